The number of rotatable bonds is 1. The predicted octanol–water partition coefficient (Wildman–Crippen LogP) is 4.91. The second-order valence-electron chi connectivity index (χ2n) is 4.76. The molecule has 88 valence electrons. The molecule has 1 aliphatic rings. The first-order valence-corrected chi connectivity index (χ1v) is 6.10. The highest BCUT2D eigenvalue weighted by Crippen LogP contribution is 2.36. The van der Waals surface area contributed by atoms with Crippen LogP contribution >= 0.6 is 11.6 Å². The van der Waals surface area contributed by atoms with Crippen molar-refractivity contribution in [3.8, 4) is 0 Å². The smallest absolute Gasteiger partial charge is 0.145 e. The molecule has 1 fully saturated rings. The van der Waals surface area contributed by atoms with Gasteiger partial charge < -0.3 is 0 Å². The number of hydrogen-bond donors (Lipinski definition) is 0. The van der Waals surface area contributed by atoms with Crippen LogP contribution in [0.5, 0.6) is 0 Å². The number of benzene rings is 1. The van der Waals surface area contributed by atoms with E-state index in [1.54, 1.807) is 0 Å². The van der Waals surface area contributed by atoms with Gasteiger partial charge in [0, 0.05) is 0 Å². The van der Waals surface area contributed by atoms with Gasteiger partial charge in [0.25, 0.3) is 0 Å². The molecular formula is C13H15ClF2. The summed E-state index contributed by atoms with van der Waals surface area (Å²) in [7, 11) is 0. The van der Waals surface area contributed by atoms with Gasteiger partial charge in [-0.15, -0.1) is 0 Å². The lowest BCUT2D eigenvalue weighted by molar-refractivity contribution is 0.346. The maximum Gasteiger partial charge on any atom is 0.145 e. The first-order valence-electron chi connectivity index (χ1n) is 5.72. The van der Waals surface area contributed by atoms with Gasteiger partial charge in [-0.05, 0) is 42.4 Å². The van der Waals surface area contributed by atoms with Crippen molar-refractivity contribution >= 4 is 11.6 Å². The fourth-order valence-corrected chi connectivity index (χ4v) is 2.51. The zero-order valence-corrected chi connectivity index (χ0v) is 10.0. The van der Waals surface area contributed by atoms with Crippen molar-refractivity contribution in [1.82, 2.24) is 0 Å². The van der Waals surface area contributed by atoms with Crippen molar-refractivity contribution < 1.29 is 8.78 Å². The standard InChI is InChI=1S/C13H15ClF2/c1-8-2-4-9(5-3-8)10-6-11(15)13(14)12(16)7-10/h6-9H,2-5H2,1H3. The van der Waals surface area contributed by atoms with Gasteiger partial charge in [-0.2, -0.15) is 0 Å². The van der Waals surface area contributed by atoms with Crippen LogP contribution in [-0.4, -0.2) is 0 Å². The maximum absolute atomic E-state index is 13.3. The Hall–Kier alpha value is -0.630. The zero-order valence-electron chi connectivity index (χ0n) is 9.27. The molecule has 0 amide bonds. The van der Waals surface area contributed by atoms with Crippen molar-refractivity contribution in [2.75, 3.05) is 0 Å². The Morgan fingerprint density at radius 3 is 2.06 bits per heavy atom. The Labute approximate surface area is 99.6 Å². The molecule has 3 heteroatoms. The monoisotopic (exact) mass is 244 g/mol. The molecule has 1 saturated carbocycles. The van der Waals surface area contributed by atoms with Gasteiger partial charge in [0.1, 0.15) is 16.7 Å². The summed E-state index contributed by atoms with van der Waals surface area (Å²) < 4.78 is 26.6. The minimum absolute atomic E-state index is 0.289. The lowest BCUT2D eigenvalue weighted by atomic mass is 9.79. The highest BCUT2D eigenvalue weighted by atomic mass is 35.5. The molecule has 0 aliphatic heterocycles. The third kappa shape index (κ3) is 2.37. The van der Waals surface area contributed by atoms with E-state index in [0.29, 0.717) is 0 Å². The minimum Gasteiger partial charge on any atom is -0.205 e. The summed E-state index contributed by atoms with van der Waals surface area (Å²) in [5, 5.41) is -0.395. The second kappa shape index (κ2) is 4.70. The van der Waals surface area contributed by atoms with E-state index in [9.17, 15) is 8.78 Å². The van der Waals surface area contributed by atoms with E-state index in [-0.39, 0.29) is 5.92 Å². The third-order valence-electron chi connectivity index (χ3n) is 3.49. The molecule has 0 atom stereocenters. The quantitative estimate of drug-likeness (QED) is 0.616. The van der Waals surface area contributed by atoms with Gasteiger partial charge in [0.05, 0.1) is 0 Å². The van der Waals surface area contributed by atoms with Crippen molar-refractivity contribution in [2.45, 2.75) is 38.5 Å². The SMILES string of the molecule is CC1CCC(c2cc(F)c(Cl)c(F)c2)CC1. The Balaban J connectivity index is 2.21. The van der Waals surface area contributed by atoms with E-state index in [2.05, 4.69) is 6.92 Å². The van der Waals surface area contributed by atoms with Crippen LogP contribution in [0.15, 0.2) is 12.1 Å². The second-order valence-corrected chi connectivity index (χ2v) is 5.13. The molecule has 0 bridgehead atoms. The summed E-state index contributed by atoms with van der Waals surface area (Å²) in [6, 6.07) is 2.76. The molecule has 0 nitrogen and oxygen atoms in total. The highest BCUT2D eigenvalue weighted by Gasteiger charge is 2.21. The number of hydrogen-bond acceptors (Lipinski definition) is 0. The molecule has 0 saturated heterocycles. The molecule has 16 heavy (non-hydrogen) atoms. The van der Waals surface area contributed by atoms with Crippen LogP contribution in [-0.2, 0) is 0 Å². The van der Waals surface area contributed by atoms with Crippen molar-refractivity contribution in [2.24, 2.45) is 5.92 Å². The van der Waals surface area contributed by atoms with Gasteiger partial charge in [0.2, 0.25) is 0 Å². The largest absolute Gasteiger partial charge is 0.205 e. The number of halogens is 3. The summed E-state index contributed by atoms with van der Waals surface area (Å²) in [4.78, 5) is 0. The molecule has 0 N–H and O–H groups in total. The van der Waals surface area contributed by atoms with Gasteiger partial charge in [-0.25, -0.2) is 8.78 Å². The van der Waals surface area contributed by atoms with E-state index >= 15 is 0 Å². The predicted molar refractivity (Wildman–Crippen MR) is 61.7 cm³/mol. The molecule has 1 aromatic carbocycles. The highest BCUT2D eigenvalue weighted by molar-refractivity contribution is 6.30. The van der Waals surface area contributed by atoms with E-state index in [0.717, 1.165) is 37.2 Å². The van der Waals surface area contributed by atoms with E-state index in [1.807, 2.05) is 0 Å². The average Bonchev–Trinajstić information content (AvgIpc) is 2.26. The zero-order chi connectivity index (χ0) is 11.7. The van der Waals surface area contributed by atoms with Crippen molar-refractivity contribution in [3.63, 3.8) is 0 Å². The summed E-state index contributed by atoms with van der Waals surface area (Å²) in [5.74, 6) is -0.263. The molecule has 0 heterocycles. The Morgan fingerprint density at radius 2 is 1.56 bits per heavy atom. The first kappa shape index (κ1) is 11.8. The Bertz CT molecular complexity index is 359. The molecule has 1 aliphatic carbocycles. The summed E-state index contributed by atoms with van der Waals surface area (Å²) in [5.41, 5.74) is 0.756. The maximum atomic E-state index is 13.3. The molecule has 0 spiro atoms. The summed E-state index contributed by atoms with van der Waals surface area (Å²) in [6.45, 7) is 2.22. The van der Waals surface area contributed by atoms with Crippen LogP contribution in [0.25, 0.3) is 0 Å². The van der Waals surface area contributed by atoms with Gasteiger partial charge in [-0.1, -0.05) is 31.4 Å². The fourth-order valence-electron chi connectivity index (χ4n) is 2.40. The van der Waals surface area contributed by atoms with Crippen molar-refractivity contribution in [3.05, 3.63) is 34.4 Å². The molecular weight excluding hydrogens is 230 g/mol. The van der Waals surface area contributed by atoms with Crippen LogP contribution in [0.2, 0.25) is 5.02 Å². The van der Waals surface area contributed by atoms with E-state index < -0.39 is 16.7 Å². The summed E-state index contributed by atoms with van der Waals surface area (Å²) in [6.07, 6.45) is 4.30. The average molecular weight is 245 g/mol. The topological polar surface area (TPSA) is 0 Å². The normalized spacial score (nSPS) is 25.8. The minimum atomic E-state index is -0.643. The first-order chi connectivity index (χ1) is 7.58. The molecule has 1 aromatic rings. The van der Waals surface area contributed by atoms with Crippen molar-refractivity contribution in [1.29, 1.82) is 0 Å². The van der Waals surface area contributed by atoms with E-state index in [1.165, 1.54) is 12.1 Å². The molecule has 0 aromatic heterocycles. The van der Waals surface area contributed by atoms with Gasteiger partial charge >= 0.3 is 0 Å². The van der Waals surface area contributed by atoms with Gasteiger partial charge in [-0.3, -0.25) is 0 Å². The third-order valence-corrected chi connectivity index (χ3v) is 3.85. The molecule has 0 unspecified atom stereocenters. The van der Waals surface area contributed by atoms with Crippen LogP contribution in [0, 0.1) is 17.6 Å². The van der Waals surface area contributed by atoms with Crippen LogP contribution in [0.4, 0.5) is 8.78 Å². The lowest BCUT2D eigenvalue weighted by Gasteiger charge is -2.26. The van der Waals surface area contributed by atoms with E-state index in [4.69, 9.17) is 11.6 Å². The fraction of sp³-hybridized carbons (Fsp3) is 0.538. The Kier molecular flexibility index (Phi) is 3.48. The molecule has 0 radical (unpaired) electrons. The Morgan fingerprint density at radius 1 is 1.06 bits per heavy atom. The van der Waals surface area contributed by atoms with Gasteiger partial charge in [0.15, 0.2) is 0 Å². The van der Waals surface area contributed by atoms with Crippen LogP contribution in [0.3, 0.4) is 0 Å². The molecule has 2 rings (SSSR count). The lowest BCUT2D eigenvalue weighted by Crippen LogP contribution is -2.11. The summed E-state index contributed by atoms with van der Waals surface area (Å²) >= 11 is 5.46. The van der Waals surface area contributed by atoms with Crippen LogP contribution < -0.4 is 0 Å². The van der Waals surface area contributed by atoms with Crippen LogP contribution in [0.1, 0.15) is 44.1 Å².